The highest BCUT2D eigenvalue weighted by molar-refractivity contribution is 7.91. The Morgan fingerprint density at radius 2 is 1.83 bits per heavy atom. The summed E-state index contributed by atoms with van der Waals surface area (Å²) in [5.74, 6) is -0.931. The molecule has 7 nitrogen and oxygen atoms in total. The lowest BCUT2D eigenvalue weighted by molar-refractivity contribution is -0.145. The SMILES string of the molecule is C=CC(c1cccc2c(C(=O)CN)cccc12)S(=O)(=O)C(OC(=O)CC)c1cc2cc(Cl)ccc2[nH]1. The Morgan fingerprint density at radius 3 is 2.53 bits per heavy atom. The van der Waals surface area contributed by atoms with Crippen LogP contribution in [0.25, 0.3) is 21.7 Å². The molecule has 36 heavy (non-hydrogen) atoms. The molecule has 2 atom stereocenters. The quantitative estimate of drug-likeness (QED) is 0.172. The summed E-state index contributed by atoms with van der Waals surface area (Å²) in [4.78, 5) is 27.8. The third kappa shape index (κ3) is 4.67. The third-order valence-electron chi connectivity index (χ3n) is 6.00. The fraction of sp³-hybridized carbons (Fsp3) is 0.185. The molecule has 3 N–H and O–H groups in total. The topological polar surface area (TPSA) is 119 Å². The van der Waals surface area contributed by atoms with Gasteiger partial charge in [0.15, 0.2) is 5.78 Å². The van der Waals surface area contributed by atoms with Crippen LogP contribution in [0.2, 0.25) is 5.02 Å². The molecule has 0 spiro atoms. The summed E-state index contributed by atoms with van der Waals surface area (Å²) in [5, 5.41) is 1.06. The number of halogens is 1. The van der Waals surface area contributed by atoms with Crippen molar-refractivity contribution >= 4 is 54.9 Å². The number of hydrogen-bond donors (Lipinski definition) is 2. The molecular formula is C27H25ClN2O5S. The number of carbonyl (C=O) groups excluding carboxylic acids is 2. The van der Waals surface area contributed by atoms with Crippen molar-refractivity contribution in [2.45, 2.75) is 24.0 Å². The molecule has 4 rings (SSSR count). The minimum absolute atomic E-state index is 0.00431. The fourth-order valence-electron chi connectivity index (χ4n) is 4.27. The summed E-state index contributed by atoms with van der Waals surface area (Å²) >= 11 is 6.10. The van der Waals surface area contributed by atoms with Crippen LogP contribution in [0.3, 0.4) is 0 Å². The maximum absolute atomic E-state index is 14.1. The largest absolute Gasteiger partial charge is 0.439 e. The van der Waals surface area contributed by atoms with E-state index in [1.165, 1.54) is 6.08 Å². The molecule has 0 saturated carbocycles. The molecule has 0 radical (unpaired) electrons. The Labute approximate surface area is 213 Å². The van der Waals surface area contributed by atoms with E-state index in [4.69, 9.17) is 22.1 Å². The van der Waals surface area contributed by atoms with Crippen molar-refractivity contribution in [3.63, 3.8) is 0 Å². The number of carbonyl (C=O) groups is 2. The number of esters is 1. The molecule has 0 fully saturated rings. The molecule has 9 heteroatoms. The summed E-state index contributed by atoms with van der Waals surface area (Å²) in [6.07, 6.45) is 1.30. The van der Waals surface area contributed by atoms with Crippen molar-refractivity contribution in [2.75, 3.05) is 6.54 Å². The van der Waals surface area contributed by atoms with E-state index in [9.17, 15) is 18.0 Å². The monoisotopic (exact) mass is 524 g/mol. The summed E-state index contributed by atoms with van der Waals surface area (Å²) in [5.41, 5.74) is 5.60. The van der Waals surface area contributed by atoms with Gasteiger partial charge < -0.3 is 15.5 Å². The normalized spacial score (nSPS) is 13.4. The molecule has 0 aliphatic rings. The van der Waals surface area contributed by atoms with E-state index in [0.717, 1.165) is 0 Å². The second-order valence-corrected chi connectivity index (χ2v) is 10.8. The predicted molar refractivity (Wildman–Crippen MR) is 142 cm³/mol. The molecule has 0 aliphatic carbocycles. The second kappa shape index (κ2) is 10.3. The summed E-state index contributed by atoms with van der Waals surface area (Å²) in [6, 6.07) is 16.8. The second-order valence-electron chi connectivity index (χ2n) is 8.25. The zero-order chi connectivity index (χ0) is 26.0. The first-order chi connectivity index (χ1) is 17.2. The van der Waals surface area contributed by atoms with Gasteiger partial charge in [-0.2, -0.15) is 0 Å². The Morgan fingerprint density at radius 1 is 1.11 bits per heavy atom. The van der Waals surface area contributed by atoms with Gasteiger partial charge in [-0.1, -0.05) is 61.0 Å². The molecular weight excluding hydrogens is 500 g/mol. The number of H-pyrrole nitrogens is 1. The molecule has 0 bridgehead atoms. The number of ether oxygens (including phenoxy) is 1. The van der Waals surface area contributed by atoms with Crippen LogP contribution in [0.1, 0.15) is 45.6 Å². The highest BCUT2D eigenvalue weighted by atomic mass is 35.5. The van der Waals surface area contributed by atoms with Crippen LogP contribution >= 0.6 is 11.6 Å². The van der Waals surface area contributed by atoms with Crippen LogP contribution in [-0.2, 0) is 19.4 Å². The number of sulfone groups is 1. The van der Waals surface area contributed by atoms with Gasteiger partial charge in [0.05, 0.1) is 12.2 Å². The van der Waals surface area contributed by atoms with Crippen LogP contribution in [0.15, 0.2) is 73.3 Å². The number of nitrogens with one attached hydrogen (secondary N) is 1. The van der Waals surface area contributed by atoms with Gasteiger partial charge in [-0.3, -0.25) is 9.59 Å². The third-order valence-corrected chi connectivity index (χ3v) is 8.34. The van der Waals surface area contributed by atoms with Gasteiger partial charge in [0, 0.05) is 27.9 Å². The highest BCUT2D eigenvalue weighted by Gasteiger charge is 2.39. The van der Waals surface area contributed by atoms with Crippen molar-refractivity contribution in [1.82, 2.24) is 4.98 Å². The number of benzene rings is 3. The molecule has 2 unspecified atom stereocenters. The van der Waals surface area contributed by atoms with Crippen LogP contribution < -0.4 is 5.73 Å². The van der Waals surface area contributed by atoms with E-state index < -0.39 is 26.5 Å². The maximum Gasteiger partial charge on any atom is 0.307 e. The molecule has 0 aliphatic heterocycles. The number of Topliss-reactive ketones (excluding diaryl/α,β-unsaturated/α-hetero) is 1. The molecule has 3 aromatic carbocycles. The maximum atomic E-state index is 14.1. The average Bonchev–Trinajstić information content (AvgIpc) is 3.29. The molecule has 1 aromatic heterocycles. The average molecular weight is 525 g/mol. The van der Waals surface area contributed by atoms with Crippen molar-refractivity contribution in [3.8, 4) is 0 Å². The number of rotatable bonds is 9. The van der Waals surface area contributed by atoms with Crippen LogP contribution in [0, 0.1) is 0 Å². The van der Waals surface area contributed by atoms with Crippen LogP contribution in [0.4, 0.5) is 0 Å². The van der Waals surface area contributed by atoms with Gasteiger partial charge in [-0.25, -0.2) is 8.42 Å². The Kier molecular flexibility index (Phi) is 7.31. The molecule has 0 saturated heterocycles. The van der Waals surface area contributed by atoms with Gasteiger partial charge in [-0.15, -0.1) is 6.58 Å². The van der Waals surface area contributed by atoms with Gasteiger partial charge in [-0.05, 0) is 40.6 Å². The Bertz CT molecular complexity index is 1590. The van der Waals surface area contributed by atoms with Crippen LogP contribution in [0.5, 0.6) is 0 Å². The molecule has 1 heterocycles. The smallest absolute Gasteiger partial charge is 0.307 e. The van der Waals surface area contributed by atoms with Crippen LogP contribution in [-0.4, -0.2) is 31.7 Å². The van der Waals surface area contributed by atoms with E-state index in [1.807, 2.05) is 0 Å². The minimum atomic E-state index is -4.25. The summed E-state index contributed by atoms with van der Waals surface area (Å²) in [7, 11) is -4.25. The van der Waals surface area contributed by atoms with Crippen molar-refractivity contribution < 1.29 is 22.7 Å². The van der Waals surface area contributed by atoms with Gasteiger partial charge >= 0.3 is 5.97 Å². The number of hydrogen-bond acceptors (Lipinski definition) is 6. The van der Waals surface area contributed by atoms with Gasteiger partial charge in [0.2, 0.25) is 15.3 Å². The first-order valence-corrected chi connectivity index (χ1v) is 13.3. The van der Waals surface area contributed by atoms with E-state index >= 15 is 0 Å². The lowest BCUT2D eigenvalue weighted by Crippen LogP contribution is -2.25. The van der Waals surface area contributed by atoms with Crippen molar-refractivity contribution in [3.05, 3.63) is 95.2 Å². The highest BCUT2D eigenvalue weighted by Crippen LogP contribution is 2.40. The number of nitrogens with two attached hydrogens (primary N) is 1. The number of fused-ring (bicyclic) bond motifs is 2. The number of ketones is 1. The number of aromatic nitrogens is 1. The lowest BCUT2D eigenvalue weighted by Gasteiger charge is -2.23. The predicted octanol–water partition coefficient (Wildman–Crippen LogP) is 5.41. The Balaban J connectivity index is 1.89. The van der Waals surface area contributed by atoms with Crippen molar-refractivity contribution in [1.29, 1.82) is 0 Å². The molecule has 186 valence electrons. The number of aromatic amines is 1. The van der Waals surface area contributed by atoms with E-state index in [2.05, 4.69) is 11.6 Å². The van der Waals surface area contributed by atoms with E-state index in [0.29, 0.717) is 37.8 Å². The zero-order valence-electron chi connectivity index (χ0n) is 19.5. The van der Waals surface area contributed by atoms with E-state index in [1.54, 1.807) is 67.6 Å². The minimum Gasteiger partial charge on any atom is -0.439 e. The van der Waals surface area contributed by atoms with E-state index in [-0.39, 0.29) is 24.4 Å². The lowest BCUT2D eigenvalue weighted by atomic mass is 9.96. The Hall–Kier alpha value is -3.46. The standard InChI is InChI=1S/C27H25ClN2O5S/c1-3-25(21-10-6-7-18-19(21)8-5-9-20(18)24(31)15-29)36(33,34)27(35-26(32)4-2)23-14-16-13-17(28)11-12-22(16)30-23/h3,5-14,25,27,30H,1,4,15,29H2,2H3. The fourth-order valence-corrected chi connectivity index (χ4v) is 6.27. The molecule has 0 amide bonds. The summed E-state index contributed by atoms with van der Waals surface area (Å²) in [6.45, 7) is 5.19. The first-order valence-electron chi connectivity index (χ1n) is 11.3. The van der Waals surface area contributed by atoms with Gasteiger partial charge in [0.25, 0.3) is 0 Å². The van der Waals surface area contributed by atoms with Gasteiger partial charge in [0.1, 0.15) is 5.25 Å². The van der Waals surface area contributed by atoms with Crippen molar-refractivity contribution in [2.24, 2.45) is 5.73 Å². The zero-order valence-corrected chi connectivity index (χ0v) is 21.1. The summed E-state index contributed by atoms with van der Waals surface area (Å²) < 4.78 is 33.7. The molecule has 4 aromatic rings. The first kappa shape index (κ1) is 25.6.